The van der Waals surface area contributed by atoms with Crippen LogP contribution in [0.4, 0.5) is 18.0 Å². The molecule has 0 aliphatic carbocycles. The van der Waals surface area contributed by atoms with Crippen LogP contribution in [0.15, 0.2) is 6.20 Å². The van der Waals surface area contributed by atoms with Crippen molar-refractivity contribution < 1.29 is 22.7 Å². The van der Waals surface area contributed by atoms with Crippen LogP contribution in [0.3, 0.4) is 0 Å². The predicted octanol–water partition coefficient (Wildman–Crippen LogP) is 3.89. The van der Waals surface area contributed by atoms with E-state index in [1.165, 1.54) is 4.90 Å². The lowest BCUT2D eigenvalue weighted by molar-refractivity contribution is -0.141. The Kier molecular flexibility index (Phi) is 4.39. The van der Waals surface area contributed by atoms with Crippen molar-refractivity contribution in [3.8, 4) is 0 Å². The Hall–Kier alpha value is -1.73. The van der Waals surface area contributed by atoms with Crippen LogP contribution in [-0.2, 0) is 10.9 Å². The molecule has 2 rings (SSSR count). The zero-order valence-corrected chi connectivity index (χ0v) is 12.8. The van der Waals surface area contributed by atoms with Crippen molar-refractivity contribution in [2.24, 2.45) is 0 Å². The molecule has 1 amide bonds. The monoisotopic (exact) mass is 319 g/mol. The van der Waals surface area contributed by atoms with Gasteiger partial charge in [-0.15, -0.1) is 0 Å². The molecule has 1 N–H and O–H groups in total. The molecule has 1 aliphatic heterocycles. The first kappa shape index (κ1) is 16.6. The highest BCUT2D eigenvalue weighted by Crippen LogP contribution is 2.33. The molecule has 2 heterocycles. The smallest absolute Gasteiger partial charge is 0.432 e. The molecule has 0 bridgehead atoms. The first-order chi connectivity index (χ1) is 10.1. The van der Waals surface area contributed by atoms with E-state index in [4.69, 9.17) is 4.74 Å². The van der Waals surface area contributed by atoms with Gasteiger partial charge < -0.3 is 9.72 Å². The van der Waals surface area contributed by atoms with Crippen molar-refractivity contribution in [3.63, 3.8) is 0 Å². The fourth-order valence-electron chi connectivity index (χ4n) is 2.40. The van der Waals surface area contributed by atoms with E-state index >= 15 is 0 Å². The van der Waals surface area contributed by atoms with Crippen LogP contribution >= 0.6 is 0 Å². The van der Waals surface area contributed by atoms with Crippen LogP contribution in [0.2, 0.25) is 0 Å². The Bertz CT molecular complexity index is 534. The number of ether oxygens (including phenoxy) is 1. The van der Waals surface area contributed by atoms with Gasteiger partial charge in [-0.3, -0.25) is 4.90 Å². The number of hydrogen-bond donors (Lipinski definition) is 1. The number of rotatable bonds is 1. The molecule has 1 aliphatic rings. The summed E-state index contributed by atoms with van der Waals surface area (Å²) < 4.78 is 43.3. The molecular weight excluding hydrogens is 299 g/mol. The van der Waals surface area contributed by atoms with E-state index in [-0.39, 0.29) is 5.82 Å². The van der Waals surface area contributed by atoms with Gasteiger partial charge in [-0.2, -0.15) is 13.2 Å². The molecule has 1 atom stereocenters. The number of H-pyrrole nitrogens is 1. The summed E-state index contributed by atoms with van der Waals surface area (Å²) in [4.78, 5) is 19.8. The maximum absolute atomic E-state index is 12.7. The molecule has 1 saturated heterocycles. The van der Waals surface area contributed by atoms with Gasteiger partial charge in [-0.05, 0) is 40.0 Å². The number of carbonyl (C=O) groups is 1. The number of hydrogen-bond acceptors (Lipinski definition) is 3. The molecule has 0 radical (unpaired) electrons. The Morgan fingerprint density at radius 1 is 1.36 bits per heavy atom. The normalized spacial score (nSPS) is 20.1. The van der Waals surface area contributed by atoms with E-state index in [2.05, 4.69) is 9.97 Å². The van der Waals surface area contributed by atoms with Gasteiger partial charge in [0.15, 0.2) is 0 Å². The number of likely N-dealkylation sites (tertiary alicyclic amines) is 1. The lowest BCUT2D eigenvalue weighted by Crippen LogP contribution is -2.42. The van der Waals surface area contributed by atoms with E-state index in [0.29, 0.717) is 13.0 Å². The third-order valence-corrected chi connectivity index (χ3v) is 3.35. The van der Waals surface area contributed by atoms with Crippen molar-refractivity contribution in [1.82, 2.24) is 14.9 Å². The molecule has 0 saturated carbocycles. The third-order valence-electron chi connectivity index (χ3n) is 3.35. The van der Waals surface area contributed by atoms with Crippen LogP contribution in [0.25, 0.3) is 0 Å². The number of piperidine rings is 1. The van der Waals surface area contributed by atoms with Crippen molar-refractivity contribution >= 4 is 6.09 Å². The van der Waals surface area contributed by atoms with Gasteiger partial charge in [0.1, 0.15) is 17.1 Å². The molecular formula is C14H20F3N3O2. The van der Waals surface area contributed by atoms with Crippen molar-refractivity contribution in [2.75, 3.05) is 6.54 Å². The molecule has 1 aromatic heterocycles. The minimum absolute atomic E-state index is 0.151. The van der Waals surface area contributed by atoms with E-state index in [1.54, 1.807) is 20.8 Å². The van der Waals surface area contributed by atoms with Crippen LogP contribution in [0.1, 0.15) is 57.6 Å². The van der Waals surface area contributed by atoms with Gasteiger partial charge in [0.25, 0.3) is 0 Å². The molecule has 8 heteroatoms. The average molecular weight is 319 g/mol. The number of aromatic amines is 1. The fraction of sp³-hybridized carbons (Fsp3) is 0.714. The number of halogens is 3. The molecule has 1 aromatic rings. The topological polar surface area (TPSA) is 58.2 Å². The Balaban J connectivity index is 2.19. The fourth-order valence-corrected chi connectivity index (χ4v) is 2.40. The second-order valence-corrected chi connectivity index (χ2v) is 6.37. The molecule has 0 aromatic carbocycles. The lowest BCUT2D eigenvalue weighted by Gasteiger charge is -2.35. The SMILES string of the molecule is CC(C)(C)OC(=O)N1CCCCC1c1ncc(C(F)(F)F)[nH]1. The number of aromatic nitrogens is 2. The largest absolute Gasteiger partial charge is 0.444 e. The van der Waals surface area contributed by atoms with Crippen molar-refractivity contribution in [3.05, 3.63) is 17.7 Å². The highest BCUT2D eigenvalue weighted by Gasteiger charge is 2.37. The maximum Gasteiger partial charge on any atom is 0.432 e. The lowest BCUT2D eigenvalue weighted by atomic mass is 10.0. The first-order valence-electron chi connectivity index (χ1n) is 7.19. The summed E-state index contributed by atoms with van der Waals surface area (Å²) in [7, 11) is 0. The van der Waals surface area contributed by atoms with Crippen molar-refractivity contribution in [1.29, 1.82) is 0 Å². The number of nitrogens with one attached hydrogen (secondary N) is 1. The summed E-state index contributed by atoms with van der Waals surface area (Å²) in [6.45, 7) is 5.69. The van der Waals surface area contributed by atoms with Crippen LogP contribution in [-0.4, -0.2) is 33.1 Å². The quantitative estimate of drug-likeness (QED) is 0.854. The van der Waals surface area contributed by atoms with Crippen LogP contribution < -0.4 is 0 Å². The summed E-state index contributed by atoms with van der Waals surface area (Å²) in [6, 6.07) is -0.514. The average Bonchev–Trinajstić information content (AvgIpc) is 2.86. The minimum Gasteiger partial charge on any atom is -0.444 e. The van der Waals surface area contributed by atoms with Crippen molar-refractivity contribution in [2.45, 2.75) is 57.9 Å². The summed E-state index contributed by atoms with van der Waals surface area (Å²) in [5.41, 5.74) is -1.56. The van der Waals surface area contributed by atoms with E-state index in [1.807, 2.05) is 0 Å². The minimum atomic E-state index is -4.48. The molecule has 1 fully saturated rings. The van der Waals surface area contributed by atoms with Crippen LogP contribution in [0.5, 0.6) is 0 Å². The molecule has 0 spiro atoms. The summed E-state index contributed by atoms with van der Waals surface area (Å²) in [6.07, 6.45) is -2.06. The first-order valence-corrected chi connectivity index (χ1v) is 7.19. The predicted molar refractivity (Wildman–Crippen MR) is 73.1 cm³/mol. The Morgan fingerprint density at radius 2 is 2.05 bits per heavy atom. The van der Waals surface area contributed by atoms with Gasteiger partial charge in [-0.1, -0.05) is 0 Å². The van der Waals surface area contributed by atoms with Gasteiger partial charge >= 0.3 is 12.3 Å². The molecule has 1 unspecified atom stereocenters. The van der Waals surface area contributed by atoms with Gasteiger partial charge in [0.05, 0.1) is 12.2 Å². The number of nitrogens with zero attached hydrogens (tertiary/aromatic N) is 2. The highest BCUT2D eigenvalue weighted by molar-refractivity contribution is 5.68. The number of amides is 1. The molecule has 124 valence electrons. The second-order valence-electron chi connectivity index (χ2n) is 6.37. The van der Waals surface area contributed by atoms with Gasteiger partial charge in [0, 0.05) is 6.54 Å². The number of imidazole rings is 1. The summed E-state index contributed by atoms with van der Waals surface area (Å²) in [5.74, 6) is 0.151. The zero-order valence-electron chi connectivity index (χ0n) is 12.8. The standard InChI is InChI=1S/C14H20F3N3O2/c1-13(2,3)22-12(21)20-7-5-4-6-9(20)11-18-8-10(19-11)14(15,16)17/h8-9H,4-7H2,1-3H3,(H,18,19). The number of carbonyl (C=O) groups excluding carboxylic acids is 1. The Labute approximate surface area is 126 Å². The third kappa shape index (κ3) is 3.92. The number of alkyl halides is 3. The zero-order chi connectivity index (χ0) is 16.5. The molecule has 5 nitrogen and oxygen atoms in total. The molecule has 22 heavy (non-hydrogen) atoms. The Morgan fingerprint density at radius 3 is 2.59 bits per heavy atom. The second kappa shape index (κ2) is 5.81. The van der Waals surface area contributed by atoms with E-state index in [9.17, 15) is 18.0 Å². The maximum atomic E-state index is 12.7. The highest BCUT2D eigenvalue weighted by atomic mass is 19.4. The summed E-state index contributed by atoms with van der Waals surface area (Å²) in [5, 5.41) is 0. The van der Waals surface area contributed by atoms with Gasteiger partial charge in [-0.25, -0.2) is 9.78 Å². The van der Waals surface area contributed by atoms with Gasteiger partial charge in [0.2, 0.25) is 0 Å². The van der Waals surface area contributed by atoms with Crippen LogP contribution in [0, 0.1) is 0 Å². The van der Waals surface area contributed by atoms with E-state index in [0.717, 1.165) is 19.0 Å². The van der Waals surface area contributed by atoms with E-state index < -0.39 is 29.6 Å². The summed E-state index contributed by atoms with van der Waals surface area (Å²) >= 11 is 0.